The number of carbonyl (C=O) groups excluding carboxylic acids is 2. The zero-order chi connectivity index (χ0) is 21.5. The van der Waals surface area contributed by atoms with Crippen LogP contribution in [-0.2, 0) is 16.2 Å². The number of nitrogen functional groups attached to an aromatic ring is 1. The normalized spacial score (nSPS) is 20.0. The van der Waals surface area contributed by atoms with Crippen molar-refractivity contribution in [2.75, 3.05) is 5.73 Å². The van der Waals surface area contributed by atoms with Crippen LogP contribution in [0.15, 0.2) is 47.3 Å². The number of Topliss-reactive ketones (excluding diaryl/α,β-unsaturated/α-hetero) is 2. The van der Waals surface area contributed by atoms with E-state index < -0.39 is 17.4 Å². The number of aryl methyl sites for hydroxylation is 1. The van der Waals surface area contributed by atoms with Crippen molar-refractivity contribution in [1.82, 2.24) is 9.55 Å². The van der Waals surface area contributed by atoms with Crippen molar-refractivity contribution in [2.24, 2.45) is 0 Å². The standard InChI is InChI=1S/C22H21N3O4/c1-13-24-18-11-16(29-12-14-5-3-2-4-6-14)10-17(23)21(18)22(28)25(13)19-8-7-15(26)9-20(19)27/h2-6,10-11,19H,7-9,12,23H2,1H3/t19-/m0/s1/i19D. The minimum absolute atomic E-state index is 0.0588. The molecule has 0 amide bonds. The molecule has 0 saturated heterocycles. The van der Waals surface area contributed by atoms with Crippen molar-refractivity contribution in [1.29, 1.82) is 0 Å². The molecule has 1 heterocycles. The number of ketones is 2. The molecule has 0 spiro atoms. The Balaban J connectivity index is 1.76. The first-order valence-corrected chi connectivity index (χ1v) is 9.35. The predicted molar refractivity (Wildman–Crippen MR) is 109 cm³/mol. The quantitative estimate of drug-likeness (QED) is 0.541. The van der Waals surface area contributed by atoms with Gasteiger partial charge in [0.15, 0.2) is 5.78 Å². The van der Waals surface area contributed by atoms with E-state index in [0.29, 0.717) is 17.9 Å². The maximum atomic E-state index is 13.2. The van der Waals surface area contributed by atoms with Crippen molar-refractivity contribution >= 4 is 28.2 Å². The van der Waals surface area contributed by atoms with E-state index in [9.17, 15) is 14.4 Å². The van der Waals surface area contributed by atoms with Gasteiger partial charge in [0.05, 0.1) is 30.4 Å². The lowest BCUT2D eigenvalue weighted by Gasteiger charge is -2.24. The van der Waals surface area contributed by atoms with Gasteiger partial charge in [-0.25, -0.2) is 4.98 Å². The van der Waals surface area contributed by atoms with Crippen molar-refractivity contribution in [3.63, 3.8) is 0 Å². The van der Waals surface area contributed by atoms with Gasteiger partial charge in [-0.15, -0.1) is 0 Å². The molecule has 1 atom stereocenters. The largest absolute Gasteiger partial charge is 0.489 e. The van der Waals surface area contributed by atoms with Gasteiger partial charge in [-0.05, 0) is 18.9 Å². The lowest BCUT2D eigenvalue weighted by Crippen LogP contribution is -2.36. The fourth-order valence-corrected chi connectivity index (χ4v) is 3.57. The Morgan fingerprint density at radius 1 is 1.24 bits per heavy atom. The Bertz CT molecular complexity index is 1220. The van der Waals surface area contributed by atoms with Crippen LogP contribution < -0.4 is 16.0 Å². The van der Waals surface area contributed by atoms with Gasteiger partial charge in [0.25, 0.3) is 5.56 Å². The molecule has 3 aromatic rings. The number of aromatic nitrogens is 2. The van der Waals surface area contributed by atoms with E-state index in [0.717, 1.165) is 10.1 Å². The number of hydrogen-bond acceptors (Lipinski definition) is 6. The molecule has 7 nitrogen and oxygen atoms in total. The van der Waals surface area contributed by atoms with Gasteiger partial charge in [0.1, 0.15) is 24.0 Å². The molecule has 148 valence electrons. The summed E-state index contributed by atoms with van der Waals surface area (Å²) in [4.78, 5) is 41.7. The summed E-state index contributed by atoms with van der Waals surface area (Å²) in [6.45, 7) is 1.90. The molecule has 0 unspecified atom stereocenters. The zero-order valence-corrected chi connectivity index (χ0v) is 16.0. The SMILES string of the molecule is [2H][C@]1(n2c(C)nc3cc(OCc4ccccc4)cc(N)c3c2=O)CCC(=O)CC1=O. The van der Waals surface area contributed by atoms with Crippen molar-refractivity contribution in [2.45, 2.75) is 38.8 Å². The van der Waals surface area contributed by atoms with Crippen LogP contribution in [0.4, 0.5) is 5.69 Å². The molecule has 1 aliphatic carbocycles. The summed E-state index contributed by atoms with van der Waals surface area (Å²) in [5.41, 5.74) is 7.05. The molecule has 1 aromatic heterocycles. The fraction of sp³-hybridized carbons (Fsp3) is 0.273. The Kier molecular flexibility index (Phi) is 4.56. The third-order valence-corrected chi connectivity index (χ3v) is 4.98. The van der Waals surface area contributed by atoms with E-state index in [-0.39, 0.29) is 41.9 Å². The van der Waals surface area contributed by atoms with Crippen molar-refractivity contribution in [3.8, 4) is 5.75 Å². The minimum Gasteiger partial charge on any atom is -0.489 e. The molecule has 1 fully saturated rings. The number of anilines is 1. The van der Waals surface area contributed by atoms with E-state index in [1.165, 1.54) is 6.07 Å². The van der Waals surface area contributed by atoms with Crippen LogP contribution in [0.2, 0.25) is 0 Å². The summed E-state index contributed by atoms with van der Waals surface area (Å²) < 4.78 is 15.5. The zero-order valence-electron chi connectivity index (χ0n) is 17.0. The summed E-state index contributed by atoms with van der Waals surface area (Å²) in [5.74, 6) is -0.147. The van der Waals surface area contributed by atoms with Crippen LogP contribution in [0, 0.1) is 6.92 Å². The molecule has 1 saturated carbocycles. The molecule has 0 radical (unpaired) electrons. The Morgan fingerprint density at radius 3 is 2.72 bits per heavy atom. The predicted octanol–water partition coefficient (Wildman–Crippen LogP) is 2.73. The van der Waals surface area contributed by atoms with Gasteiger partial charge in [-0.2, -0.15) is 0 Å². The fourth-order valence-electron chi connectivity index (χ4n) is 3.57. The van der Waals surface area contributed by atoms with Gasteiger partial charge in [-0.3, -0.25) is 19.0 Å². The highest BCUT2D eigenvalue weighted by Crippen LogP contribution is 2.28. The molecular weight excluding hydrogens is 370 g/mol. The van der Waals surface area contributed by atoms with Gasteiger partial charge < -0.3 is 10.5 Å². The molecular formula is C22H21N3O4. The number of ether oxygens (including phenoxy) is 1. The summed E-state index contributed by atoms with van der Waals surface area (Å²) >= 11 is 0. The number of nitrogens with two attached hydrogens (primary N) is 1. The van der Waals surface area contributed by atoms with Gasteiger partial charge >= 0.3 is 0 Å². The second-order valence-corrected chi connectivity index (χ2v) is 7.07. The summed E-state index contributed by atoms with van der Waals surface area (Å²) in [6, 6.07) is 10.9. The second-order valence-electron chi connectivity index (χ2n) is 7.07. The highest BCUT2D eigenvalue weighted by Gasteiger charge is 2.31. The first-order valence-electron chi connectivity index (χ1n) is 9.85. The molecule has 0 aliphatic heterocycles. The molecule has 29 heavy (non-hydrogen) atoms. The van der Waals surface area contributed by atoms with Gasteiger partial charge in [-0.1, -0.05) is 30.3 Å². The third-order valence-electron chi connectivity index (χ3n) is 4.98. The highest BCUT2D eigenvalue weighted by molar-refractivity contribution is 6.03. The topological polar surface area (TPSA) is 104 Å². The van der Waals surface area contributed by atoms with E-state index in [1.807, 2.05) is 30.3 Å². The first kappa shape index (κ1) is 17.6. The maximum absolute atomic E-state index is 13.2. The van der Waals surface area contributed by atoms with E-state index in [2.05, 4.69) is 4.98 Å². The number of nitrogens with zero attached hydrogens (tertiary/aromatic N) is 2. The average molecular weight is 392 g/mol. The number of benzene rings is 2. The van der Waals surface area contributed by atoms with Crippen LogP contribution in [0.25, 0.3) is 10.9 Å². The lowest BCUT2D eigenvalue weighted by atomic mass is 9.92. The van der Waals surface area contributed by atoms with Crippen LogP contribution in [0.3, 0.4) is 0 Å². The highest BCUT2D eigenvalue weighted by atomic mass is 16.5. The monoisotopic (exact) mass is 392 g/mol. The minimum atomic E-state index is -1.86. The van der Waals surface area contributed by atoms with Gasteiger partial charge in [0.2, 0.25) is 0 Å². The van der Waals surface area contributed by atoms with Crippen LogP contribution >= 0.6 is 0 Å². The third kappa shape index (κ3) is 3.63. The molecule has 2 N–H and O–H groups in total. The van der Waals surface area contributed by atoms with Crippen LogP contribution in [-0.4, -0.2) is 21.1 Å². The van der Waals surface area contributed by atoms with Crippen LogP contribution in [0.1, 0.15) is 38.0 Å². The first-order chi connectivity index (χ1) is 14.3. The number of fused-ring (bicyclic) bond motifs is 1. The van der Waals surface area contributed by atoms with Crippen molar-refractivity contribution in [3.05, 3.63) is 64.2 Å². The van der Waals surface area contributed by atoms with Crippen LogP contribution in [0.5, 0.6) is 5.75 Å². The van der Waals surface area contributed by atoms with Gasteiger partial charge in [0, 0.05) is 18.6 Å². The summed E-state index contributed by atoms with van der Waals surface area (Å²) in [5, 5.41) is 0.129. The van der Waals surface area contributed by atoms with E-state index in [1.54, 1.807) is 13.0 Å². The Morgan fingerprint density at radius 2 is 2.00 bits per heavy atom. The number of carbonyl (C=O) groups is 2. The Labute approximate surface area is 168 Å². The number of hydrogen-bond donors (Lipinski definition) is 1. The number of rotatable bonds is 4. The molecule has 2 aromatic carbocycles. The summed E-state index contributed by atoms with van der Waals surface area (Å²) in [6.07, 6.45) is -0.340. The Hall–Kier alpha value is -3.48. The van der Waals surface area contributed by atoms with E-state index >= 15 is 0 Å². The second kappa shape index (κ2) is 7.50. The maximum Gasteiger partial charge on any atom is 0.264 e. The average Bonchev–Trinajstić information content (AvgIpc) is 2.70. The molecule has 1 aliphatic rings. The smallest absolute Gasteiger partial charge is 0.264 e. The molecule has 7 heteroatoms. The summed E-state index contributed by atoms with van der Waals surface area (Å²) in [7, 11) is 0. The lowest BCUT2D eigenvalue weighted by molar-refractivity contribution is -0.132. The molecule has 4 rings (SSSR count). The van der Waals surface area contributed by atoms with E-state index in [4.69, 9.17) is 11.8 Å². The van der Waals surface area contributed by atoms with Crippen molar-refractivity contribution < 1.29 is 15.7 Å². The molecule has 0 bridgehead atoms.